The Balaban J connectivity index is 1.71. The lowest BCUT2D eigenvalue weighted by Gasteiger charge is -2.22. The van der Waals surface area contributed by atoms with Gasteiger partial charge in [-0.1, -0.05) is 17.7 Å². The summed E-state index contributed by atoms with van der Waals surface area (Å²) in [7, 11) is 0. The fourth-order valence-corrected chi connectivity index (χ4v) is 4.21. The van der Waals surface area contributed by atoms with Crippen LogP contribution in [0.25, 0.3) is 0 Å². The van der Waals surface area contributed by atoms with Crippen molar-refractivity contribution in [2.24, 2.45) is 0 Å². The van der Waals surface area contributed by atoms with E-state index in [1.165, 1.54) is 11.3 Å². The van der Waals surface area contributed by atoms with Crippen LogP contribution in [0.15, 0.2) is 30.5 Å². The van der Waals surface area contributed by atoms with Crippen LogP contribution >= 0.6 is 23.1 Å². The zero-order chi connectivity index (χ0) is 16.4. The second-order valence-corrected chi connectivity index (χ2v) is 7.62. The van der Waals surface area contributed by atoms with Gasteiger partial charge in [-0.2, -0.15) is 0 Å². The molecule has 1 atom stereocenters. The van der Waals surface area contributed by atoms with E-state index in [1.807, 2.05) is 38.1 Å². The lowest BCUT2D eigenvalue weighted by molar-refractivity contribution is -0.119. The van der Waals surface area contributed by atoms with Crippen molar-refractivity contribution < 1.29 is 9.59 Å². The lowest BCUT2D eigenvalue weighted by atomic mass is 10.2. The summed E-state index contributed by atoms with van der Waals surface area (Å²) >= 11 is 2.95. The Morgan fingerprint density at radius 3 is 2.65 bits per heavy atom. The molecule has 0 radical (unpaired) electrons. The second kappa shape index (κ2) is 6.72. The molecule has 0 aliphatic carbocycles. The molecule has 3 rings (SSSR count). The maximum absolute atomic E-state index is 12.6. The van der Waals surface area contributed by atoms with Gasteiger partial charge in [0.2, 0.25) is 5.91 Å². The third-order valence-corrected chi connectivity index (χ3v) is 5.51. The fourth-order valence-electron chi connectivity index (χ4n) is 2.32. The zero-order valence-electron chi connectivity index (χ0n) is 12.9. The van der Waals surface area contributed by atoms with E-state index < -0.39 is 6.04 Å². The van der Waals surface area contributed by atoms with Gasteiger partial charge in [0, 0.05) is 11.4 Å². The van der Waals surface area contributed by atoms with E-state index in [0.717, 1.165) is 16.3 Å². The van der Waals surface area contributed by atoms with Crippen LogP contribution in [0.2, 0.25) is 0 Å². The Bertz CT molecular complexity index is 727. The minimum absolute atomic E-state index is 0.121. The molecule has 0 bridgehead atoms. The van der Waals surface area contributed by atoms with Crippen molar-refractivity contribution in [3.05, 3.63) is 45.9 Å². The number of hydrogen-bond donors (Lipinski definition) is 1. The molecule has 1 aromatic carbocycles. The number of hydrogen-bond acceptors (Lipinski definition) is 5. The van der Waals surface area contributed by atoms with Gasteiger partial charge in [0.1, 0.15) is 10.9 Å². The molecule has 0 saturated carbocycles. The molecule has 1 fully saturated rings. The molecular formula is C16H17N3O2S2. The van der Waals surface area contributed by atoms with Crippen molar-refractivity contribution in [1.82, 2.24) is 9.88 Å². The minimum atomic E-state index is -0.448. The van der Waals surface area contributed by atoms with Crippen LogP contribution in [0, 0.1) is 13.8 Å². The first kappa shape index (κ1) is 16.0. The van der Waals surface area contributed by atoms with Gasteiger partial charge < -0.3 is 10.2 Å². The van der Waals surface area contributed by atoms with Crippen LogP contribution < -0.4 is 5.32 Å². The molecule has 120 valence electrons. The summed E-state index contributed by atoms with van der Waals surface area (Å²) in [5, 5.41) is 3.74. The number of benzene rings is 1. The first-order valence-electron chi connectivity index (χ1n) is 7.23. The van der Waals surface area contributed by atoms with Gasteiger partial charge in [-0.25, -0.2) is 4.98 Å². The number of carbonyl (C=O) groups excluding carboxylic acids is 2. The van der Waals surface area contributed by atoms with Crippen LogP contribution in [0.1, 0.15) is 20.2 Å². The molecule has 1 saturated heterocycles. The molecule has 2 aromatic rings. The van der Waals surface area contributed by atoms with Crippen molar-refractivity contribution in [2.45, 2.75) is 19.9 Å². The highest BCUT2D eigenvalue weighted by Crippen LogP contribution is 2.26. The Kier molecular flexibility index (Phi) is 4.68. The number of aryl methyl sites for hydroxylation is 2. The molecule has 1 aromatic heterocycles. The van der Waals surface area contributed by atoms with Crippen molar-refractivity contribution in [1.29, 1.82) is 0 Å². The van der Waals surface area contributed by atoms with E-state index in [4.69, 9.17) is 0 Å². The quantitative estimate of drug-likeness (QED) is 0.927. The normalized spacial score (nSPS) is 17.3. The maximum atomic E-state index is 12.6. The highest BCUT2D eigenvalue weighted by Gasteiger charge is 2.35. The molecular weight excluding hydrogens is 330 g/mol. The highest BCUT2D eigenvalue weighted by atomic mass is 32.2. The Labute approximate surface area is 143 Å². The number of aromatic nitrogens is 1. The van der Waals surface area contributed by atoms with Gasteiger partial charge in [0.15, 0.2) is 0 Å². The standard InChI is InChI=1S/C16H17N3O2S2/c1-10-3-5-12(6-4-10)18-15(20)13-8-22-9-19(13)16(21)14-7-17-11(2)23-14/h3-7,13H,8-9H2,1-2H3,(H,18,20). The monoisotopic (exact) mass is 347 g/mol. The minimum Gasteiger partial charge on any atom is -0.324 e. The maximum Gasteiger partial charge on any atom is 0.266 e. The molecule has 2 heterocycles. The molecule has 7 heteroatoms. The number of carbonyl (C=O) groups is 2. The number of nitrogens with zero attached hydrogens (tertiary/aromatic N) is 2. The molecule has 23 heavy (non-hydrogen) atoms. The lowest BCUT2D eigenvalue weighted by Crippen LogP contribution is -2.44. The SMILES string of the molecule is Cc1ccc(NC(=O)C2CSCN2C(=O)c2cnc(C)s2)cc1. The smallest absolute Gasteiger partial charge is 0.266 e. The Morgan fingerprint density at radius 2 is 2.00 bits per heavy atom. The Morgan fingerprint density at radius 1 is 1.26 bits per heavy atom. The second-order valence-electron chi connectivity index (χ2n) is 5.39. The summed E-state index contributed by atoms with van der Waals surface area (Å²) in [6.45, 7) is 3.86. The number of rotatable bonds is 3. The van der Waals surface area contributed by atoms with Gasteiger partial charge in [0.25, 0.3) is 5.91 Å². The third kappa shape index (κ3) is 3.56. The molecule has 1 unspecified atom stereocenters. The summed E-state index contributed by atoms with van der Waals surface area (Å²) in [5.74, 6) is 0.876. The number of thioether (sulfide) groups is 1. The average Bonchev–Trinajstić information content (AvgIpc) is 3.17. The van der Waals surface area contributed by atoms with Crippen molar-refractivity contribution in [3.63, 3.8) is 0 Å². The fraction of sp³-hybridized carbons (Fsp3) is 0.312. The van der Waals surface area contributed by atoms with Gasteiger partial charge in [-0.15, -0.1) is 23.1 Å². The van der Waals surface area contributed by atoms with E-state index in [2.05, 4.69) is 10.3 Å². The first-order chi connectivity index (χ1) is 11.0. The number of amides is 2. The Hall–Kier alpha value is -1.86. The molecule has 0 spiro atoms. The van der Waals surface area contributed by atoms with Gasteiger partial charge in [-0.05, 0) is 26.0 Å². The predicted octanol–water partition coefficient (Wildman–Crippen LogP) is 2.91. The topological polar surface area (TPSA) is 62.3 Å². The largest absolute Gasteiger partial charge is 0.324 e. The van der Waals surface area contributed by atoms with E-state index >= 15 is 0 Å². The van der Waals surface area contributed by atoms with Gasteiger partial charge in [-0.3, -0.25) is 9.59 Å². The van der Waals surface area contributed by atoms with E-state index in [-0.39, 0.29) is 11.8 Å². The first-order valence-corrected chi connectivity index (χ1v) is 9.20. The van der Waals surface area contributed by atoms with Gasteiger partial charge >= 0.3 is 0 Å². The van der Waals surface area contributed by atoms with Gasteiger partial charge in [0.05, 0.1) is 17.1 Å². The van der Waals surface area contributed by atoms with Crippen molar-refractivity contribution in [3.8, 4) is 0 Å². The summed E-state index contributed by atoms with van der Waals surface area (Å²) < 4.78 is 0. The molecule has 1 aliphatic rings. The highest BCUT2D eigenvalue weighted by molar-refractivity contribution is 7.99. The van der Waals surface area contributed by atoms with Crippen LogP contribution in [0.4, 0.5) is 5.69 Å². The summed E-state index contributed by atoms with van der Waals surface area (Å²) in [4.78, 5) is 31.4. The van der Waals surface area contributed by atoms with Crippen LogP contribution in [-0.2, 0) is 4.79 Å². The van der Waals surface area contributed by atoms with E-state index in [0.29, 0.717) is 16.5 Å². The predicted molar refractivity (Wildman–Crippen MR) is 93.9 cm³/mol. The summed E-state index contributed by atoms with van der Waals surface area (Å²) in [6.07, 6.45) is 1.58. The average molecular weight is 347 g/mol. The van der Waals surface area contributed by atoms with Crippen LogP contribution in [-0.4, -0.2) is 39.4 Å². The third-order valence-electron chi connectivity index (χ3n) is 3.60. The molecule has 1 N–H and O–H groups in total. The van der Waals surface area contributed by atoms with Crippen LogP contribution in [0.5, 0.6) is 0 Å². The summed E-state index contributed by atoms with van der Waals surface area (Å²) in [5.41, 5.74) is 1.88. The number of anilines is 1. The zero-order valence-corrected chi connectivity index (χ0v) is 14.5. The van der Waals surface area contributed by atoms with E-state index in [1.54, 1.807) is 22.9 Å². The summed E-state index contributed by atoms with van der Waals surface area (Å²) in [6, 6.07) is 7.18. The van der Waals surface area contributed by atoms with Crippen LogP contribution in [0.3, 0.4) is 0 Å². The van der Waals surface area contributed by atoms with Crippen molar-refractivity contribution >= 4 is 40.6 Å². The molecule has 5 nitrogen and oxygen atoms in total. The molecule has 2 amide bonds. The van der Waals surface area contributed by atoms with E-state index in [9.17, 15) is 9.59 Å². The number of nitrogens with one attached hydrogen (secondary N) is 1. The molecule has 1 aliphatic heterocycles. The van der Waals surface area contributed by atoms with Crippen molar-refractivity contribution in [2.75, 3.05) is 16.9 Å². The number of thiazole rings is 1.